The first kappa shape index (κ1) is 24.6. The molecule has 0 spiro atoms. The Morgan fingerprint density at radius 3 is 2.93 bits per heavy atom. The van der Waals surface area contributed by atoms with Gasteiger partial charge in [-0.15, -0.1) is 24.0 Å². The molecule has 0 aromatic carbocycles. The van der Waals surface area contributed by atoms with Gasteiger partial charge in [0.2, 0.25) is 5.91 Å². The van der Waals surface area contributed by atoms with Gasteiger partial charge in [0.05, 0.1) is 6.10 Å². The van der Waals surface area contributed by atoms with Gasteiger partial charge in [-0.25, -0.2) is 14.4 Å². The van der Waals surface area contributed by atoms with Crippen LogP contribution in [0.25, 0.3) is 0 Å². The largest absolute Gasteiger partial charge is 0.376 e. The number of amides is 1. The van der Waals surface area contributed by atoms with Crippen molar-refractivity contribution in [3.63, 3.8) is 0 Å². The van der Waals surface area contributed by atoms with Crippen LogP contribution in [0.1, 0.15) is 25.7 Å². The minimum atomic E-state index is -0.314. The Hall–Kier alpha value is -1.69. The second kappa shape index (κ2) is 12.2. The molecule has 10 heteroatoms. The Kier molecular flexibility index (Phi) is 10.0. The van der Waals surface area contributed by atoms with Gasteiger partial charge >= 0.3 is 0 Å². The van der Waals surface area contributed by atoms with E-state index in [-0.39, 0.29) is 54.4 Å². The molecule has 0 radical (unpaired) electrons. The predicted octanol–water partition coefficient (Wildman–Crippen LogP) is 1.61. The molecule has 3 heterocycles. The fourth-order valence-electron chi connectivity index (χ4n) is 3.49. The van der Waals surface area contributed by atoms with Crippen LogP contribution >= 0.6 is 24.0 Å². The zero-order chi connectivity index (χ0) is 20.6. The van der Waals surface area contributed by atoms with Crippen LogP contribution in [0.15, 0.2) is 23.3 Å². The van der Waals surface area contributed by atoms with Gasteiger partial charge in [0.25, 0.3) is 0 Å². The maximum Gasteiger partial charge on any atom is 0.243 e. The van der Waals surface area contributed by atoms with Crippen molar-refractivity contribution in [2.75, 3.05) is 51.8 Å². The van der Waals surface area contributed by atoms with Crippen molar-refractivity contribution < 1.29 is 13.9 Å². The number of carbonyl (C=O) groups excluding carboxylic acids is 1. The summed E-state index contributed by atoms with van der Waals surface area (Å²) >= 11 is 0. The summed E-state index contributed by atoms with van der Waals surface area (Å²) in [7, 11) is 3.43. The molecule has 1 aromatic heterocycles. The molecule has 0 bridgehead atoms. The predicted molar refractivity (Wildman–Crippen MR) is 126 cm³/mol. The molecule has 168 valence electrons. The van der Waals surface area contributed by atoms with E-state index in [4.69, 9.17) is 4.74 Å². The second-order valence-electron chi connectivity index (χ2n) is 7.71. The fraction of sp³-hybridized carbons (Fsp3) is 0.650. The number of hydrogen-bond acceptors (Lipinski definition) is 5. The smallest absolute Gasteiger partial charge is 0.243 e. The first-order chi connectivity index (χ1) is 14.0. The minimum absolute atomic E-state index is 0. The Bertz CT molecular complexity index is 714. The third kappa shape index (κ3) is 7.22. The quantitative estimate of drug-likeness (QED) is 0.328. The highest BCUT2D eigenvalue weighted by atomic mass is 127. The van der Waals surface area contributed by atoms with E-state index in [2.05, 4.69) is 20.6 Å². The van der Waals surface area contributed by atoms with Gasteiger partial charge in [-0.05, 0) is 37.8 Å². The Morgan fingerprint density at radius 1 is 1.40 bits per heavy atom. The topological polar surface area (TPSA) is 82.1 Å². The molecule has 0 saturated carbocycles. The van der Waals surface area contributed by atoms with Crippen molar-refractivity contribution in [3.05, 3.63) is 24.1 Å². The average Bonchev–Trinajstić information content (AvgIpc) is 3.19. The number of nitrogens with zero attached hydrogens (tertiary/aromatic N) is 4. The van der Waals surface area contributed by atoms with Crippen LogP contribution in [-0.2, 0) is 9.53 Å². The number of carbonyl (C=O) groups is 1. The second-order valence-corrected chi connectivity index (χ2v) is 7.71. The maximum atomic E-state index is 14.0. The van der Waals surface area contributed by atoms with E-state index in [1.165, 1.54) is 17.4 Å². The van der Waals surface area contributed by atoms with Crippen LogP contribution < -0.4 is 15.5 Å². The van der Waals surface area contributed by atoms with Gasteiger partial charge in [0.15, 0.2) is 17.6 Å². The van der Waals surface area contributed by atoms with Crippen molar-refractivity contribution in [3.8, 4) is 0 Å². The molecule has 2 unspecified atom stereocenters. The van der Waals surface area contributed by atoms with Gasteiger partial charge < -0.3 is 25.2 Å². The number of nitrogens with one attached hydrogen (secondary N) is 2. The molecule has 2 atom stereocenters. The number of ether oxygens (including phenoxy) is 1. The van der Waals surface area contributed by atoms with Crippen LogP contribution in [0, 0.1) is 5.82 Å². The van der Waals surface area contributed by atoms with Gasteiger partial charge in [-0.1, -0.05) is 0 Å². The highest BCUT2D eigenvalue weighted by Crippen LogP contribution is 2.20. The number of halogens is 2. The van der Waals surface area contributed by atoms with E-state index >= 15 is 0 Å². The lowest BCUT2D eigenvalue weighted by molar-refractivity contribution is -0.127. The summed E-state index contributed by atoms with van der Waals surface area (Å²) in [6.45, 7) is 2.84. The molecule has 0 aliphatic carbocycles. The number of hydrogen-bond donors (Lipinski definition) is 2. The first-order valence-corrected chi connectivity index (χ1v) is 10.2. The molecule has 3 rings (SSSR count). The lowest BCUT2D eigenvalue weighted by Gasteiger charge is -2.25. The minimum Gasteiger partial charge on any atom is -0.376 e. The van der Waals surface area contributed by atoms with Gasteiger partial charge in [0.1, 0.15) is 6.54 Å². The average molecular weight is 534 g/mol. The molecule has 2 N–H and O–H groups in total. The molecule has 8 nitrogen and oxygen atoms in total. The molecular weight excluding hydrogens is 502 g/mol. The first-order valence-electron chi connectivity index (χ1n) is 10.2. The maximum absolute atomic E-state index is 14.0. The molecule has 2 aliphatic heterocycles. The van der Waals surface area contributed by atoms with E-state index < -0.39 is 0 Å². The number of rotatable bonds is 6. The summed E-state index contributed by atoms with van der Waals surface area (Å²) in [6, 6.07) is 3.10. The Morgan fingerprint density at radius 2 is 2.23 bits per heavy atom. The van der Waals surface area contributed by atoms with Crippen molar-refractivity contribution >= 4 is 41.7 Å². The van der Waals surface area contributed by atoms with E-state index in [1.807, 2.05) is 4.90 Å². The summed E-state index contributed by atoms with van der Waals surface area (Å²) in [5, 5.41) is 6.70. The summed E-state index contributed by atoms with van der Waals surface area (Å²) in [6.07, 6.45) is 5.88. The fourth-order valence-corrected chi connectivity index (χ4v) is 3.49. The number of aromatic nitrogens is 1. The summed E-state index contributed by atoms with van der Waals surface area (Å²) in [5.41, 5.74) is 0. The highest BCUT2D eigenvalue weighted by molar-refractivity contribution is 14.0. The molecule has 1 aromatic rings. The normalized spacial score (nSPS) is 21.7. The Balaban J connectivity index is 0.00000320. The third-order valence-corrected chi connectivity index (χ3v) is 5.21. The number of pyridine rings is 1. The van der Waals surface area contributed by atoms with E-state index in [0.717, 1.165) is 25.9 Å². The summed E-state index contributed by atoms with van der Waals surface area (Å²) < 4.78 is 19.8. The third-order valence-electron chi connectivity index (χ3n) is 5.21. The molecule has 2 fully saturated rings. The van der Waals surface area contributed by atoms with Gasteiger partial charge in [-0.2, -0.15) is 0 Å². The molecular formula is C20H32FIN6O2. The zero-order valence-corrected chi connectivity index (χ0v) is 20.0. The molecule has 1 amide bonds. The van der Waals surface area contributed by atoms with Crippen molar-refractivity contribution in [1.29, 1.82) is 0 Å². The monoisotopic (exact) mass is 534 g/mol. The van der Waals surface area contributed by atoms with Crippen molar-refractivity contribution in [1.82, 2.24) is 20.5 Å². The van der Waals surface area contributed by atoms with Crippen LogP contribution in [0.2, 0.25) is 0 Å². The molecule has 30 heavy (non-hydrogen) atoms. The number of guanidine groups is 1. The molecule has 2 saturated heterocycles. The standard InChI is InChI=1S/C20H31FN6O2.HI/c1-26(2)18(28)13-24-20(23-12-16-6-3-4-11-29-16)25-15-8-10-27(14-15)19-17(21)7-5-9-22-19;/h5,7,9,15-16H,3-4,6,8,10-14H2,1-2H3,(H2,23,24,25);1H. The van der Waals surface area contributed by atoms with Crippen LogP contribution in [0.5, 0.6) is 0 Å². The Labute approximate surface area is 194 Å². The number of aliphatic imine (C=N–C) groups is 1. The molecule has 2 aliphatic rings. The van der Waals surface area contributed by atoms with Crippen LogP contribution in [0.3, 0.4) is 0 Å². The SMILES string of the molecule is CN(C)C(=O)CN=C(NCC1CCCCO1)NC1CCN(c2ncccc2F)C1.I. The number of likely N-dealkylation sites (N-methyl/N-ethyl adjacent to an activating group) is 1. The number of anilines is 1. The van der Waals surface area contributed by atoms with E-state index in [9.17, 15) is 9.18 Å². The van der Waals surface area contributed by atoms with Crippen LogP contribution in [-0.4, -0.2) is 80.8 Å². The summed E-state index contributed by atoms with van der Waals surface area (Å²) in [5.74, 6) is 0.583. The summed E-state index contributed by atoms with van der Waals surface area (Å²) in [4.78, 5) is 24.0. The lowest BCUT2D eigenvalue weighted by Crippen LogP contribution is -2.47. The highest BCUT2D eigenvalue weighted by Gasteiger charge is 2.26. The zero-order valence-electron chi connectivity index (χ0n) is 17.6. The van der Waals surface area contributed by atoms with Crippen molar-refractivity contribution in [2.24, 2.45) is 4.99 Å². The van der Waals surface area contributed by atoms with E-state index in [0.29, 0.717) is 31.4 Å². The lowest BCUT2D eigenvalue weighted by atomic mass is 10.1. The van der Waals surface area contributed by atoms with Crippen molar-refractivity contribution in [2.45, 2.75) is 37.8 Å². The van der Waals surface area contributed by atoms with Crippen LogP contribution in [0.4, 0.5) is 10.2 Å². The van der Waals surface area contributed by atoms with E-state index in [1.54, 1.807) is 26.4 Å². The van der Waals surface area contributed by atoms with Gasteiger partial charge in [0, 0.05) is 52.6 Å². The van der Waals surface area contributed by atoms with Gasteiger partial charge in [-0.3, -0.25) is 4.79 Å².